The van der Waals surface area contributed by atoms with Crippen LogP contribution in [0.4, 0.5) is 0 Å². The number of ether oxygens (including phenoxy) is 1. The molecule has 1 aliphatic carbocycles. The zero-order valence-electron chi connectivity index (χ0n) is 10.9. The Balaban J connectivity index is 1.83. The third-order valence-corrected chi connectivity index (χ3v) is 5.67. The maximum atomic E-state index is 11.6. The van der Waals surface area contributed by atoms with Crippen LogP contribution in [0, 0.1) is 0 Å². The Labute approximate surface area is 109 Å². The van der Waals surface area contributed by atoms with E-state index in [1.807, 2.05) is 0 Å². The summed E-state index contributed by atoms with van der Waals surface area (Å²) >= 11 is 0. The molecule has 0 bridgehead atoms. The lowest BCUT2D eigenvalue weighted by Gasteiger charge is -2.31. The van der Waals surface area contributed by atoms with Crippen molar-refractivity contribution in [2.75, 3.05) is 26.0 Å². The van der Waals surface area contributed by atoms with E-state index in [-0.39, 0.29) is 11.3 Å². The maximum Gasteiger partial charge on any atom is 0.150 e. The Morgan fingerprint density at radius 3 is 2.83 bits per heavy atom. The van der Waals surface area contributed by atoms with Gasteiger partial charge in [-0.15, -0.1) is 0 Å². The summed E-state index contributed by atoms with van der Waals surface area (Å²) in [6.45, 7) is 1.48. The minimum absolute atomic E-state index is 0.197. The summed E-state index contributed by atoms with van der Waals surface area (Å²) in [5.41, 5.74) is -0.766. The van der Waals surface area contributed by atoms with Gasteiger partial charge in [-0.05, 0) is 19.3 Å². The fourth-order valence-corrected chi connectivity index (χ4v) is 3.97. The highest BCUT2D eigenvalue weighted by Crippen LogP contribution is 2.25. The number of nitrogens with one attached hydrogen (secondary N) is 1. The Kier molecular flexibility index (Phi) is 4.31. The van der Waals surface area contributed by atoms with E-state index >= 15 is 0 Å². The molecule has 0 aromatic heterocycles. The minimum atomic E-state index is -2.94. The number of hydrogen-bond donors (Lipinski definition) is 2. The number of sulfone groups is 1. The van der Waals surface area contributed by atoms with E-state index in [4.69, 9.17) is 4.74 Å². The molecule has 3 atom stereocenters. The van der Waals surface area contributed by atoms with Gasteiger partial charge in [0.15, 0.2) is 0 Å². The van der Waals surface area contributed by atoms with Crippen LogP contribution in [0.2, 0.25) is 0 Å². The summed E-state index contributed by atoms with van der Waals surface area (Å²) in [6, 6.07) is 0.197. The van der Waals surface area contributed by atoms with Crippen molar-refractivity contribution in [1.82, 2.24) is 5.32 Å². The Bertz CT molecular complexity index is 376. The van der Waals surface area contributed by atoms with Crippen LogP contribution in [0.15, 0.2) is 0 Å². The number of aliphatic hydroxyl groups is 1. The molecule has 3 unspecified atom stereocenters. The second-order valence-electron chi connectivity index (χ2n) is 5.72. The molecular formula is C12H23NO4S. The molecule has 106 valence electrons. The van der Waals surface area contributed by atoms with Crippen molar-refractivity contribution in [3.63, 3.8) is 0 Å². The van der Waals surface area contributed by atoms with E-state index in [1.54, 1.807) is 0 Å². The number of hydrogen-bond acceptors (Lipinski definition) is 5. The van der Waals surface area contributed by atoms with Gasteiger partial charge in [-0.3, -0.25) is 0 Å². The van der Waals surface area contributed by atoms with Crippen LogP contribution in [-0.2, 0) is 14.6 Å². The fraction of sp³-hybridized carbons (Fsp3) is 1.00. The quantitative estimate of drug-likeness (QED) is 0.761. The van der Waals surface area contributed by atoms with Gasteiger partial charge in [0.2, 0.25) is 0 Å². The van der Waals surface area contributed by atoms with Crippen molar-refractivity contribution in [1.29, 1.82) is 0 Å². The van der Waals surface area contributed by atoms with Gasteiger partial charge >= 0.3 is 0 Å². The molecule has 0 radical (unpaired) electrons. The molecule has 5 nitrogen and oxygen atoms in total. The molecule has 1 aliphatic heterocycles. The third kappa shape index (κ3) is 3.66. The Morgan fingerprint density at radius 1 is 1.44 bits per heavy atom. The lowest BCUT2D eigenvalue weighted by molar-refractivity contribution is 0.0238. The average Bonchev–Trinajstić information content (AvgIpc) is 2.74. The molecule has 1 heterocycles. The van der Waals surface area contributed by atoms with Crippen molar-refractivity contribution in [3.8, 4) is 0 Å². The van der Waals surface area contributed by atoms with E-state index < -0.39 is 15.4 Å². The van der Waals surface area contributed by atoms with Gasteiger partial charge in [0.1, 0.15) is 15.4 Å². The standard InChI is InChI=1S/C12H23NO4S/c1-18(15,16)11-4-2-3-10(7-11)13-8-12(14)5-6-17-9-12/h10-11,13-14H,2-9H2,1H3. The highest BCUT2D eigenvalue weighted by molar-refractivity contribution is 7.91. The van der Waals surface area contributed by atoms with Crippen LogP contribution in [0.25, 0.3) is 0 Å². The molecule has 1 saturated heterocycles. The highest BCUT2D eigenvalue weighted by atomic mass is 32.2. The van der Waals surface area contributed by atoms with Crippen molar-refractivity contribution in [3.05, 3.63) is 0 Å². The monoisotopic (exact) mass is 277 g/mol. The van der Waals surface area contributed by atoms with Gasteiger partial charge in [-0.2, -0.15) is 0 Å². The van der Waals surface area contributed by atoms with Crippen LogP contribution in [0.1, 0.15) is 32.1 Å². The molecule has 0 amide bonds. The first-order valence-electron chi connectivity index (χ1n) is 6.61. The van der Waals surface area contributed by atoms with Crippen molar-refractivity contribution in [2.45, 2.75) is 49.0 Å². The van der Waals surface area contributed by atoms with Crippen LogP contribution in [0.3, 0.4) is 0 Å². The van der Waals surface area contributed by atoms with E-state index in [2.05, 4.69) is 5.32 Å². The fourth-order valence-electron chi connectivity index (χ4n) is 2.79. The molecular weight excluding hydrogens is 254 g/mol. The molecule has 6 heteroatoms. The van der Waals surface area contributed by atoms with Crippen molar-refractivity contribution < 1.29 is 18.3 Å². The Morgan fingerprint density at radius 2 is 2.22 bits per heavy atom. The SMILES string of the molecule is CS(=O)(=O)C1CCCC(NCC2(O)CCOC2)C1. The summed E-state index contributed by atoms with van der Waals surface area (Å²) in [5.74, 6) is 0. The second kappa shape index (κ2) is 5.45. The summed E-state index contributed by atoms with van der Waals surface area (Å²) in [7, 11) is -2.94. The summed E-state index contributed by atoms with van der Waals surface area (Å²) < 4.78 is 28.3. The summed E-state index contributed by atoms with van der Waals surface area (Å²) in [5, 5.41) is 13.2. The van der Waals surface area contributed by atoms with Gasteiger partial charge in [0.05, 0.1) is 11.9 Å². The lowest BCUT2D eigenvalue weighted by Crippen LogP contribution is -2.47. The number of rotatable bonds is 4. The first-order chi connectivity index (χ1) is 8.39. The molecule has 1 saturated carbocycles. The highest BCUT2D eigenvalue weighted by Gasteiger charge is 2.34. The van der Waals surface area contributed by atoms with Gasteiger partial charge < -0.3 is 15.2 Å². The van der Waals surface area contributed by atoms with E-state index in [9.17, 15) is 13.5 Å². The first-order valence-corrected chi connectivity index (χ1v) is 8.57. The summed E-state index contributed by atoms with van der Waals surface area (Å²) in [6.07, 6.45) is 5.33. The van der Waals surface area contributed by atoms with Crippen LogP contribution >= 0.6 is 0 Å². The average molecular weight is 277 g/mol. The van der Waals surface area contributed by atoms with Crippen LogP contribution in [0.5, 0.6) is 0 Å². The van der Waals surface area contributed by atoms with E-state index in [0.29, 0.717) is 32.6 Å². The molecule has 18 heavy (non-hydrogen) atoms. The predicted molar refractivity (Wildman–Crippen MR) is 69.3 cm³/mol. The van der Waals surface area contributed by atoms with E-state index in [1.165, 1.54) is 6.26 Å². The molecule has 2 rings (SSSR count). The molecule has 0 spiro atoms. The predicted octanol–water partition coefficient (Wildman–Crippen LogP) is 0.0832. The smallest absolute Gasteiger partial charge is 0.150 e. The third-order valence-electron chi connectivity index (χ3n) is 4.03. The maximum absolute atomic E-state index is 11.6. The zero-order chi connectivity index (χ0) is 13.2. The molecule has 0 aromatic rings. The molecule has 0 aromatic carbocycles. The Hall–Kier alpha value is -0.170. The largest absolute Gasteiger partial charge is 0.386 e. The van der Waals surface area contributed by atoms with Gasteiger partial charge in [-0.25, -0.2) is 8.42 Å². The van der Waals surface area contributed by atoms with Gasteiger partial charge in [0.25, 0.3) is 0 Å². The normalized spacial score (nSPS) is 37.9. The van der Waals surface area contributed by atoms with Crippen molar-refractivity contribution >= 4 is 9.84 Å². The van der Waals surface area contributed by atoms with E-state index in [0.717, 1.165) is 19.3 Å². The molecule has 2 aliphatic rings. The lowest BCUT2D eigenvalue weighted by atomic mass is 9.94. The van der Waals surface area contributed by atoms with Crippen LogP contribution < -0.4 is 5.32 Å². The minimum Gasteiger partial charge on any atom is -0.386 e. The van der Waals surface area contributed by atoms with Crippen molar-refractivity contribution in [2.24, 2.45) is 0 Å². The second-order valence-corrected chi connectivity index (χ2v) is 8.05. The van der Waals surface area contributed by atoms with Gasteiger partial charge in [0, 0.05) is 31.9 Å². The van der Waals surface area contributed by atoms with Crippen LogP contribution in [-0.4, -0.2) is 56.4 Å². The van der Waals surface area contributed by atoms with Gasteiger partial charge in [-0.1, -0.05) is 6.42 Å². The topological polar surface area (TPSA) is 75.6 Å². The summed E-state index contributed by atoms with van der Waals surface area (Å²) in [4.78, 5) is 0. The molecule has 2 fully saturated rings. The zero-order valence-corrected chi connectivity index (χ0v) is 11.7. The molecule has 2 N–H and O–H groups in total. The first kappa shape index (κ1) is 14.2.